The maximum atomic E-state index is 12.2. The zero-order valence-electron chi connectivity index (χ0n) is 11.2. The first-order valence-electron chi connectivity index (χ1n) is 6.89. The number of nitrogens with one attached hydrogen (secondary N) is 2. The number of amides is 1. The van der Waals surface area contributed by atoms with Gasteiger partial charge in [-0.2, -0.15) is 0 Å². The number of carbonyl (C=O) groups is 1. The van der Waals surface area contributed by atoms with Crippen molar-refractivity contribution in [2.45, 2.75) is 51.6 Å². The molecule has 0 saturated carbocycles. The van der Waals surface area contributed by atoms with Crippen molar-refractivity contribution in [3.63, 3.8) is 0 Å². The maximum absolute atomic E-state index is 12.2. The van der Waals surface area contributed by atoms with Crippen molar-refractivity contribution in [1.29, 1.82) is 0 Å². The third-order valence-corrected chi connectivity index (χ3v) is 3.72. The first kappa shape index (κ1) is 13.1. The molecule has 1 heterocycles. The molecular weight excluding hydrogens is 224 g/mol. The number of rotatable bonds is 4. The molecule has 3 heteroatoms. The van der Waals surface area contributed by atoms with Crippen LogP contribution in [0.3, 0.4) is 0 Å². The highest BCUT2D eigenvalue weighted by Gasteiger charge is 2.24. The summed E-state index contributed by atoms with van der Waals surface area (Å²) in [5, 5.41) is 6.49. The highest BCUT2D eigenvalue weighted by molar-refractivity contribution is 5.96. The molecule has 0 fully saturated rings. The number of para-hydroxylation sites is 1. The van der Waals surface area contributed by atoms with E-state index in [4.69, 9.17) is 0 Å². The molecule has 0 bridgehead atoms. The Morgan fingerprint density at radius 1 is 1.33 bits per heavy atom. The first-order chi connectivity index (χ1) is 8.74. The van der Waals surface area contributed by atoms with E-state index in [9.17, 15) is 4.79 Å². The van der Waals surface area contributed by atoms with E-state index in [1.807, 2.05) is 18.2 Å². The molecule has 3 nitrogen and oxygen atoms in total. The number of fused-ring (bicyclic) bond motifs is 1. The Balaban J connectivity index is 2.07. The molecule has 1 unspecified atom stereocenters. The van der Waals surface area contributed by atoms with Crippen LogP contribution in [0.15, 0.2) is 24.3 Å². The molecule has 0 aliphatic carbocycles. The van der Waals surface area contributed by atoms with Crippen LogP contribution < -0.4 is 10.6 Å². The van der Waals surface area contributed by atoms with Gasteiger partial charge in [-0.15, -0.1) is 0 Å². The minimum atomic E-state index is -0.0673. The van der Waals surface area contributed by atoms with Gasteiger partial charge in [0.2, 0.25) is 5.91 Å². The summed E-state index contributed by atoms with van der Waals surface area (Å²) in [4.78, 5) is 12.2. The molecule has 1 atom stereocenters. The average Bonchev–Trinajstić information content (AvgIpc) is 2.55. The Hall–Kier alpha value is -1.35. The fraction of sp³-hybridized carbons (Fsp3) is 0.533. The van der Waals surface area contributed by atoms with Crippen molar-refractivity contribution < 1.29 is 4.79 Å². The lowest BCUT2D eigenvalue weighted by molar-refractivity contribution is -0.118. The predicted octanol–water partition coefficient (Wildman–Crippen LogP) is 2.72. The molecular formula is C15H22N2O. The summed E-state index contributed by atoms with van der Waals surface area (Å²) in [6.07, 6.45) is 3.95. The zero-order valence-corrected chi connectivity index (χ0v) is 11.2. The number of hydrogen-bond acceptors (Lipinski definition) is 2. The van der Waals surface area contributed by atoms with Gasteiger partial charge >= 0.3 is 0 Å². The largest absolute Gasteiger partial charge is 0.324 e. The van der Waals surface area contributed by atoms with Crippen molar-refractivity contribution in [3.05, 3.63) is 29.8 Å². The van der Waals surface area contributed by atoms with E-state index in [1.165, 1.54) is 5.56 Å². The van der Waals surface area contributed by atoms with E-state index >= 15 is 0 Å². The standard InChI is InChI=1S/C15H22N2O/c1-3-12(4-2)16-14-10-9-11-7-5-6-8-13(11)17-15(14)18/h5-8,12,14,16H,3-4,9-10H2,1-2H3,(H,17,18). The van der Waals surface area contributed by atoms with Gasteiger partial charge in [0.1, 0.15) is 0 Å². The second-order valence-corrected chi connectivity index (χ2v) is 4.92. The van der Waals surface area contributed by atoms with Gasteiger partial charge in [0.05, 0.1) is 6.04 Å². The van der Waals surface area contributed by atoms with Gasteiger partial charge in [0.15, 0.2) is 0 Å². The molecule has 1 aromatic carbocycles. The van der Waals surface area contributed by atoms with E-state index in [0.717, 1.165) is 31.4 Å². The average molecular weight is 246 g/mol. The van der Waals surface area contributed by atoms with Gasteiger partial charge in [-0.1, -0.05) is 32.0 Å². The van der Waals surface area contributed by atoms with Gasteiger partial charge in [0, 0.05) is 11.7 Å². The molecule has 2 rings (SSSR count). The first-order valence-corrected chi connectivity index (χ1v) is 6.89. The summed E-state index contributed by atoms with van der Waals surface area (Å²) in [5.74, 6) is 0.104. The minimum absolute atomic E-state index is 0.0673. The van der Waals surface area contributed by atoms with Crippen molar-refractivity contribution in [2.24, 2.45) is 0 Å². The summed E-state index contributed by atoms with van der Waals surface area (Å²) < 4.78 is 0. The van der Waals surface area contributed by atoms with E-state index in [0.29, 0.717) is 6.04 Å². The molecule has 1 amide bonds. The Bertz CT molecular complexity index is 413. The number of carbonyl (C=O) groups excluding carboxylic acids is 1. The Labute approximate surface area is 109 Å². The Morgan fingerprint density at radius 2 is 2.06 bits per heavy atom. The van der Waals surface area contributed by atoms with Crippen LogP contribution in [0.5, 0.6) is 0 Å². The maximum Gasteiger partial charge on any atom is 0.241 e. The van der Waals surface area contributed by atoms with Crippen LogP contribution in [0.4, 0.5) is 5.69 Å². The van der Waals surface area contributed by atoms with Crippen LogP contribution in [-0.4, -0.2) is 18.0 Å². The van der Waals surface area contributed by atoms with Crippen LogP contribution in [0.25, 0.3) is 0 Å². The molecule has 0 spiro atoms. The highest BCUT2D eigenvalue weighted by Crippen LogP contribution is 2.21. The van der Waals surface area contributed by atoms with Gasteiger partial charge in [-0.25, -0.2) is 0 Å². The quantitative estimate of drug-likeness (QED) is 0.857. The van der Waals surface area contributed by atoms with Crippen molar-refractivity contribution in [1.82, 2.24) is 5.32 Å². The van der Waals surface area contributed by atoms with E-state index < -0.39 is 0 Å². The highest BCUT2D eigenvalue weighted by atomic mass is 16.2. The van der Waals surface area contributed by atoms with Crippen molar-refractivity contribution in [2.75, 3.05) is 5.32 Å². The predicted molar refractivity (Wildman–Crippen MR) is 74.7 cm³/mol. The summed E-state index contributed by atoms with van der Waals surface area (Å²) in [6, 6.07) is 8.43. The zero-order chi connectivity index (χ0) is 13.0. The molecule has 98 valence electrons. The number of hydrogen-bond donors (Lipinski definition) is 2. The van der Waals surface area contributed by atoms with E-state index in [-0.39, 0.29) is 11.9 Å². The lowest BCUT2D eigenvalue weighted by atomic mass is 10.0. The van der Waals surface area contributed by atoms with E-state index in [2.05, 4.69) is 30.5 Å². The summed E-state index contributed by atoms with van der Waals surface area (Å²) >= 11 is 0. The summed E-state index contributed by atoms with van der Waals surface area (Å²) in [5.41, 5.74) is 2.20. The van der Waals surface area contributed by atoms with Crippen LogP contribution in [0.1, 0.15) is 38.7 Å². The van der Waals surface area contributed by atoms with Crippen LogP contribution in [0.2, 0.25) is 0 Å². The van der Waals surface area contributed by atoms with Gasteiger partial charge in [0.25, 0.3) is 0 Å². The summed E-state index contributed by atoms with van der Waals surface area (Å²) in [7, 11) is 0. The lowest BCUT2D eigenvalue weighted by Gasteiger charge is -2.21. The summed E-state index contributed by atoms with van der Waals surface area (Å²) in [6.45, 7) is 4.31. The molecule has 0 aromatic heterocycles. The lowest BCUT2D eigenvalue weighted by Crippen LogP contribution is -2.45. The minimum Gasteiger partial charge on any atom is -0.324 e. The molecule has 1 aliphatic rings. The molecule has 0 radical (unpaired) electrons. The number of anilines is 1. The third-order valence-electron chi connectivity index (χ3n) is 3.72. The molecule has 1 aromatic rings. The fourth-order valence-electron chi connectivity index (χ4n) is 2.48. The van der Waals surface area contributed by atoms with Gasteiger partial charge in [-0.05, 0) is 37.3 Å². The molecule has 0 saturated heterocycles. The van der Waals surface area contributed by atoms with Crippen molar-refractivity contribution >= 4 is 11.6 Å². The molecule has 2 N–H and O–H groups in total. The second-order valence-electron chi connectivity index (χ2n) is 4.92. The normalized spacial score (nSPS) is 19.3. The SMILES string of the molecule is CCC(CC)NC1CCc2ccccc2NC1=O. The van der Waals surface area contributed by atoms with Crippen LogP contribution in [-0.2, 0) is 11.2 Å². The topological polar surface area (TPSA) is 41.1 Å². The van der Waals surface area contributed by atoms with Crippen LogP contribution >= 0.6 is 0 Å². The van der Waals surface area contributed by atoms with Crippen molar-refractivity contribution in [3.8, 4) is 0 Å². The van der Waals surface area contributed by atoms with E-state index in [1.54, 1.807) is 0 Å². The molecule has 18 heavy (non-hydrogen) atoms. The van der Waals surface area contributed by atoms with Crippen LogP contribution in [0, 0.1) is 0 Å². The molecule has 1 aliphatic heterocycles. The third kappa shape index (κ3) is 2.91. The number of benzene rings is 1. The Kier molecular flexibility index (Phi) is 4.37. The van der Waals surface area contributed by atoms with Gasteiger partial charge < -0.3 is 10.6 Å². The monoisotopic (exact) mass is 246 g/mol. The van der Waals surface area contributed by atoms with Gasteiger partial charge in [-0.3, -0.25) is 4.79 Å². The number of aryl methyl sites for hydroxylation is 1. The smallest absolute Gasteiger partial charge is 0.241 e. The Morgan fingerprint density at radius 3 is 2.78 bits per heavy atom. The fourth-order valence-corrected chi connectivity index (χ4v) is 2.48. The second kappa shape index (κ2) is 6.01.